The molecule has 2 aromatic carbocycles. The Hall–Kier alpha value is -2.53. The van der Waals surface area contributed by atoms with Crippen molar-refractivity contribution in [1.29, 1.82) is 0 Å². The number of nitrogens with zero attached hydrogens (tertiary/aromatic N) is 1. The average Bonchev–Trinajstić information content (AvgIpc) is 2.74. The van der Waals surface area contributed by atoms with E-state index >= 15 is 0 Å². The van der Waals surface area contributed by atoms with E-state index in [0.717, 1.165) is 18.2 Å². The summed E-state index contributed by atoms with van der Waals surface area (Å²) in [6, 6.07) is 9.30. The first-order valence-electron chi connectivity index (χ1n) is 8.88. The summed E-state index contributed by atoms with van der Waals surface area (Å²) in [5.74, 6) is -2.82. The zero-order valence-electron chi connectivity index (χ0n) is 15.6. The second-order valence-electron chi connectivity index (χ2n) is 6.26. The third-order valence-electron chi connectivity index (χ3n) is 4.25. The highest BCUT2D eigenvalue weighted by molar-refractivity contribution is 7.89. The van der Waals surface area contributed by atoms with Gasteiger partial charge in [-0.25, -0.2) is 17.6 Å². The SMILES string of the molecule is O=C(COC(=O)c1cc(S(=O)(=O)N2CCOCC2)ccc1F)Nc1ccccc1Cl. The Morgan fingerprint density at radius 3 is 2.57 bits per heavy atom. The van der Waals surface area contributed by atoms with Gasteiger partial charge in [0, 0.05) is 13.1 Å². The van der Waals surface area contributed by atoms with E-state index in [9.17, 15) is 22.4 Å². The summed E-state index contributed by atoms with van der Waals surface area (Å²) in [5.41, 5.74) is -0.264. The number of anilines is 1. The van der Waals surface area contributed by atoms with Gasteiger partial charge in [0.25, 0.3) is 5.91 Å². The Labute approximate surface area is 177 Å². The molecule has 11 heteroatoms. The minimum absolute atomic E-state index is 0.154. The number of hydrogen-bond acceptors (Lipinski definition) is 6. The van der Waals surface area contributed by atoms with Crippen LogP contribution in [-0.4, -0.2) is 57.5 Å². The average molecular weight is 457 g/mol. The molecule has 1 fully saturated rings. The van der Waals surface area contributed by atoms with Gasteiger partial charge in [0.05, 0.1) is 34.4 Å². The highest BCUT2D eigenvalue weighted by Crippen LogP contribution is 2.22. The van der Waals surface area contributed by atoms with Crippen LogP contribution in [0.1, 0.15) is 10.4 Å². The Kier molecular flexibility index (Phi) is 7.03. The highest BCUT2D eigenvalue weighted by Gasteiger charge is 2.28. The number of sulfonamides is 1. The van der Waals surface area contributed by atoms with Crippen LogP contribution in [0, 0.1) is 5.82 Å². The van der Waals surface area contributed by atoms with E-state index in [2.05, 4.69) is 5.32 Å². The van der Waals surface area contributed by atoms with Crippen molar-refractivity contribution in [1.82, 2.24) is 4.31 Å². The van der Waals surface area contributed by atoms with Crippen LogP contribution in [0.2, 0.25) is 5.02 Å². The molecule has 0 saturated carbocycles. The fourth-order valence-corrected chi connectivity index (χ4v) is 4.33. The standard InChI is InChI=1S/C19H18ClFN2O6S/c20-15-3-1-2-4-17(15)22-18(24)12-29-19(25)14-11-13(5-6-16(14)21)30(26,27)23-7-9-28-10-8-23/h1-6,11H,7-10,12H2,(H,22,24). The lowest BCUT2D eigenvalue weighted by Gasteiger charge is -2.26. The van der Waals surface area contributed by atoms with E-state index in [1.54, 1.807) is 24.3 Å². The number of benzene rings is 2. The first-order valence-corrected chi connectivity index (χ1v) is 10.7. The molecule has 160 valence electrons. The van der Waals surface area contributed by atoms with Gasteiger partial charge in [-0.15, -0.1) is 0 Å². The lowest BCUT2D eigenvalue weighted by atomic mass is 10.2. The molecule has 1 saturated heterocycles. The Bertz CT molecular complexity index is 1060. The number of esters is 1. The summed E-state index contributed by atoms with van der Waals surface area (Å²) in [5, 5.41) is 2.75. The number of amides is 1. The van der Waals surface area contributed by atoms with Crippen molar-refractivity contribution in [2.24, 2.45) is 0 Å². The third kappa shape index (κ3) is 5.14. The lowest BCUT2D eigenvalue weighted by molar-refractivity contribution is -0.119. The van der Waals surface area contributed by atoms with Crippen molar-refractivity contribution < 1.29 is 31.9 Å². The largest absolute Gasteiger partial charge is 0.452 e. The number of morpholine rings is 1. The Balaban J connectivity index is 1.69. The summed E-state index contributed by atoms with van der Waals surface area (Å²) in [7, 11) is -3.93. The van der Waals surface area contributed by atoms with Crippen LogP contribution in [0.3, 0.4) is 0 Å². The van der Waals surface area contributed by atoms with Crippen LogP contribution in [0.25, 0.3) is 0 Å². The van der Waals surface area contributed by atoms with Crippen LogP contribution in [0.5, 0.6) is 0 Å². The van der Waals surface area contributed by atoms with E-state index in [-0.39, 0.29) is 31.2 Å². The molecule has 0 unspecified atom stereocenters. The molecule has 0 radical (unpaired) electrons. The molecule has 0 aliphatic carbocycles. The molecule has 1 aliphatic heterocycles. The molecule has 2 aromatic rings. The molecule has 1 N–H and O–H groups in total. The van der Waals surface area contributed by atoms with Crippen LogP contribution >= 0.6 is 11.6 Å². The van der Waals surface area contributed by atoms with E-state index in [4.69, 9.17) is 21.1 Å². The van der Waals surface area contributed by atoms with Crippen LogP contribution in [0.15, 0.2) is 47.4 Å². The Morgan fingerprint density at radius 1 is 1.17 bits per heavy atom. The van der Waals surface area contributed by atoms with E-state index in [0.29, 0.717) is 10.7 Å². The molecule has 1 amide bonds. The number of ether oxygens (including phenoxy) is 2. The predicted octanol–water partition coefficient (Wildman–Crippen LogP) is 2.30. The quantitative estimate of drug-likeness (QED) is 0.669. The van der Waals surface area contributed by atoms with Gasteiger partial charge in [-0.05, 0) is 30.3 Å². The Morgan fingerprint density at radius 2 is 1.87 bits per heavy atom. The molecule has 8 nitrogen and oxygen atoms in total. The zero-order valence-corrected chi connectivity index (χ0v) is 17.2. The van der Waals surface area contributed by atoms with Gasteiger partial charge < -0.3 is 14.8 Å². The van der Waals surface area contributed by atoms with Gasteiger partial charge in [-0.3, -0.25) is 4.79 Å². The van der Waals surface area contributed by atoms with Crippen molar-refractivity contribution in [2.45, 2.75) is 4.90 Å². The summed E-state index contributed by atoms with van der Waals surface area (Å²) in [6.07, 6.45) is 0. The topological polar surface area (TPSA) is 102 Å². The van der Waals surface area contributed by atoms with E-state index < -0.39 is 39.9 Å². The number of halogens is 2. The third-order valence-corrected chi connectivity index (χ3v) is 6.47. The summed E-state index contributed by atoms with van der Waals surface area (Å²) in [6.45, 7) is 0.0963. The fraction of sp³-hybridized carbons (Fsp3) is 0.263. The maximum atomic E-state index is 14.1. The van der Waals surface area contributed by atoms with Gasteiger partial charge in [-0.1, -0.05) is 23.7 Å². The van der Waals surface area contributed by atoms with Gasteiger partial charge >= 0.3 is 5.97 Å². The molecule has 0 aromatic heterocycles. The molecule has 0 atom stereocenters. The van der Waals surface area contributed by atoms with Gasteiger partial charge in [0.1, 0.15) is 5.82 Å². The number of para-hydroxylation sites is 1. The molecule has 1 aliphatic rings. The minimum Gasteiger partial charge on any atom is -0.452 e. The van der Waals surface area contributed by atoms with E-state index in [1.807, 2.05) is 0 Å². The number of carbonyl (C=O) groups excluding carboxylic acids is 2. The van der Waals surface area contributed by atoms with E-state index in [1.165, 1.54) is 4.31 Å². The number of rotatable bonds is 6. The van der Waals surface area contributed by atoms with Gasteiger partial charge in [0.15, 0.2) is 6.61 Å². The summed E-state index contributed by atoms with van der Waals surface area (Å²) >= 11 is 5.93. The fourth-order valence-electron chi connectivity index (χ4n) is 2.72. The molecule has 0 bridgehead atoms. The monoisotopic (exact) mass is 456 g/mol. The molecule has 3 rings (SSSR count). The maximum absolute atomic E-state index is 14.1. The molecule has 30 heavy (non-hydrogen) atoms. The highest BCUT2D eigenvalue weighted by atomic mass is 35.5. The predicted molar refractivity (Wildman–Crippen MR) is 106 cm³/mol. The molecule has 1 heterocycles. The normalized spacial score (nSPS) is 14.9. The van der Waals surface area contributed by atoms with Crippen molar-refractivity contribution in [2.75, 3.05) is 38.2 Å². The second kappa shape index (κ2) is 9.52. The molecule has 0 spiro atoms. The van der Waals surface area contributed by atoms with Crippen LogP contribution < -0.4 is 5.32 Å². The summed E-state index contributed by atoms with van der Waals surface area (Å²) in [4.78, 5) is 24.0. The smallest absolute Gasteiger partial charge is 0.341 e. The zero-order chi connectivity index (χ0) is 21.7. The number of nitrogens with one attached hydrogen (secondary N) is 1. The van der Waals surface area contributed by atoms with Crippen molar-refractivity contribution in [3.05, 3.63) is 58.9 Å². The second-order valence-corrected chi connectivity index (χ2v) is 8.61. The first kappa shape index (κ1) is 22.2. The van der Waals surface area contributed by atoms with Crippen molar-refractivity contribution in [3.63, 3.8) is 0 Å². The van der Waals surface area contributed by atoms with Gasteiger partial charge in [0.2, 0.25) is 10.0 Å². The number of carbonyl (C=O) groups is 2. The number of hydrogen-bond donors (Lipinski definition) is 1. The lowest BCUT2D eigenvalue weighted by Crippen LogP contribution is -2.40. The van der Waals surface area contributed by atoms with Crippen molar-refractivity contribution in [3.8, 4) is 0 Å². The minimum atomic E-state index is -3.93. The van der Waals surface area contributed by atoms with Crippen LogP contribution in [0.4, 0.5) is 10.1 Å². The molecular formula is C19H18ClFN2O6S. The first-order chi connectivity index (χ1) is 14.3. The summed E-state index contributed by atoms with van der Waals surface area (Å²) < 4.78 is 50.7. The van der Waals surface area contributed by atoms with Crippen LogP contribution in [-0.2, 0) is 24.3 Å². The van der Waals surface area contributed by atoms with Gasteiger partial charge in [-0.2, -0.15) is 4.31 Å². The maximum Gasteiger partial charge on any atom is 0.341 e. The van der Waals surface area contributed by atoms with Crippen molar-refractivity contribution >= 4 is 39.2 Å². The molecular weight excluding hydrogens is 439 g/mol.